The van der Waals surface area contributed by atoms with Gasteiger partial charge >= 0.3 is 11.9 Å². The van der Waals surface area contributed by atoms with E-state index in [0.29, 0.717) is 6.42 Å². The van der Waals surface area contributed by atoms with Crippen molar-refractivity contribution in [3.63, 3.8) is 0 Å². The van der Waals surface area contributed by atoms with Gasteiger partial charge in [-0.1, -0.05) is 174 Å². The average molecular weight is 497 g/mol. The van der Waals surface area contributed by atoms with Crippen molar-refractivity contribution in [2.24, 2.45) is 5.92 Å². The Bertz CT molecular complexity index is 449. The van der Waals surface area contributed by atoms with Gasteiger partial charge in [-0.05, 0) is 6.42 Å². The fourth-order valence-electron chi connectivity index (χ4n) is 5.02. The molecule has 0 aliphatic rings. The van der Waals surface area contributed by atoms with Crippen LogP contribution >= 0.6 is 0 Å². The Morgan fingerprint density at radius 3 is 0.800 bits per heavy atom. The fourth-order valence-corrected chi connectivity index (χ4v) is 5.02. The van der Waals surface area contributed by atoms with Gasteiger partial charge in [0, 0.05) is 0 Å². The number of unbranched alkanes of at least 4 members (excludes halogenated alkanes) is 25. The maximum absolute atomic E-state index is 10.8. The molecule has 0 radical (unpaired) electrons. The third-order valence-corrected chi connectivity index (χ3v) is 7.44. The van der Waals surface area contributed by atoms with E-state index in [1.165, 1.54) is 148 Å². The summed E-state index contributed by atoms with van der Waals surface area (Å²) in [5.74, 6) is -3.65. The third-order valence-electron chi connectivity index (χ3n) is 7.44. The van der Waals surface area contributed by atoms with Crippen LogP contribution in [0.15, 0.2) is 0 Å². The molecule has 0 spiro atoms. The molecule has 35 heavy (non-hydrogen) atoms. The lowest BCUT2D eigenvalue weighted by Gasteiger charge is -2.07. The van der Waals surface area contributed by atoms with Crippen LogP contribution in [0.1, 0.15) is 180 Å². The van der Waals surface area contributed by atoms with Gasteiger partial charge in [0.1, 0.15) is 0 Å². The van der Waals surface area contributed by atoms with Crippen molar-refractivity contribution in [3.8, 4) is 0 Å². The van der Waals surface area contributed by atoms with Gasteiger partial charge in [-0.25, -0.2) is 0 Å². The largest absolute Gasteiger partial charge is 0.481 e. The molecule has 0 bridgehead atoms. The molecule has 4 nitrogen and oxygen atoms in total. The van der Waals surface area contributed by atoms with Crippen LogP contribution in [0.25, 0.3) is 0 Å². The average Bonchev–Trinajstić information content (AvgIpc) is 2.83. The highest BCUT2D eigenvalue weighted by molar-refractivity contribution is 5.92. The van der Waals surface area contributed by atoms with E-state index in [4.69, 9.17) is 10.2 Å². The summed E-state index contributed by atoms with van der Waals surface area (Å²) in [6.45, 7) is 2.29. The van der Waals surface area contributed by atoms with Crippen LogP contribution in [-0.2, 0) is 9.59 Å². The van der Waals surface area contributed by atoms with E-state index >= 15 is 0 Å². The molecule has 0 atom stereocenters. The molecular weight excluding hydrogens is 436 g/mol. The molecule has 4 heteroatoms. The van der Waals surface area contributed by atoms with E-state index in [1.807, 2.05) is 0 Å². The van der Waals surface area contributed by atoms with Gasteiger partial charge in [0.15, 0.2) is 5.92 Å². The van der Waals surface area contributed by atoms with Crippen molar-refractivity contribution in [1.29, 1.82) is 0 Å². The molecule has 0 amide bonds. The minimum atomic E-state index is -1.23. The first-order chi connectivity index (χ1) is 17.1. The minimum Gasteiger partial charge on any atom is -0.481 e. The fraction of sp³-hybridized carbons (Fsp3) is 0.935. The zero-order valence-electron chi connectivity index (χ0n) is 23.4. The van der Waals surface area contributed by atoms with Crippen LogP contribution in [0.3, 0.4) is 0 Å². The summed E-state index contributed by atoms with van der Waals surface area (Å²) < 4.78 is 0. The summed E-state index contributed by atoms with van der Waals surface area (Å²) in [6, 6.07) is 0. The van der Waals surface area contributed by atoms with Crippen molar-refractivity contribution in [3.05, 3.63) is 0 Å². The predicted molar refractivity (Wildman–Crippen MR) is 149 cm³/mol. The Labute approximate surface area is 218 Å². The lowest BCUT2D eigenvalue weighted by Crippen LogP contribution is -2.23. The number of carboxylic acid groups (broad SMARTS) is 2. The molecule has 0 rings (SSSR count). The SMILES string of the molecule is CCCCCCCCCCCCCCCCCCCCCCCCCCCCC(C(=O)O)C(=O)O. The van der Waals surface area contributed by atoms with Crippen molar-refractivity contribution in [2.45, 2.75) is 180 Å². The number of hydrogen-bond donors (Lipinski definition) is 2. The van der Waals surface area contributed by atoms with Crippen LogP contribution in [0, 0.1) is 5.92 Å². The second-order valence-corrected chi connectivity index (χ2v) is 10.9. The van der Waals surface area contributed by atoms with Crippen LogP contribution in [0.4, 0.5) is 0 Å². The standard InChI is InChI=1S/C31H60O4/c1-2-3-4-5-6-7-8-9-10-11-12-13-14-15-16-17-18-19-20-21-22-23-24-25-26-27-28-29(30(32)33)31(34)35/h29H,2-28H2,1H3,(H,32,33)(H,34,35). The molecule has 0 saturated carbocycles. The van der Waals surface area contributed by atoms with Gasteiger partial charge in [-0.15, -0.1) is 0 Å². The highest BCUT2D eigenvalue weighted by Gasteiger charge is 2.24. The number of carboxylic acids is 2. The zero-order chi connectivity index (χ0) is 25.8. The van der Waals surface area contributed by atoms with Crippen LogP contribution in [-0.4, -0.2) is 22.2 Å². The normalized spacial score (nSPS) is 11.4. The molecule has 0 aliphatic carbocycles. The highest BCUT2D eigenvalue weighted by atomic mass is 16.4. The minimum absolute atomic E-state index is 0.254. The Morgan fingerprint density at radius 2 is 0.600 bits per heavy atom. The third kappa shape index (κ3) is 25.8. The molecule has 0 aliphatic heterocycles. The van der Waals surface area contributed by atoms with E-state index in [1.54, 1.807) is 0 Å². The number of rotatable bonds is 29. The topological polar surface area (TPSA) is 74.6 Å². The van der Waals surface area contributed by atoms with Crippen molar-refractivity contribution >= 4 is 11.9 Å². The molecule has 0 fully saturated rings. The molecule has 0 saturated heterocycles. The van der Waals surface area contributed by atoms with Gasteiger partial charge in [0.2, 0.25) is 0 Å². The Morgan fingerprint density at radius 1 is 0.400 bits per heavy atom. The Hall–Kier alpha value is -1.06. The highest BCUT2D eigenvalue weighted by Crippen LogP contribution is 2.17. The van der Waals surface area contributed by atoms with Gasteiger partial charge in [0.25, 0.3) is 0 Å². The maximum Gasteiger partial charge on any atom is 0.317 e. The summed E-state index contributed by atoms with van der Waals surface area (Å²) in [7, 11) is 0. The smallest absolute Gasteiger partial charge is 0.317 e. The van der Waals surface area contributed by atoms with Crippen LogP contribution < -0.4 is 0 Å². The van der Waals surface area contributed by atoms with Crippen LogP contribution in [0.5, 0.6) is 0 Å². The summed E-state index contributed by atoms with van der Waals surface area (Å²) in [6.07, 6.45) is 35.2. The van der Waals surface area contributed by atoms with Gasteiger partial charge < -0.3 is 10.2 Å². The summed E-state index contributed by atoms with van der Waals surface area (Å²) >= 11 is 0. The molecule has 2 N–H and O–H groups in total. The molecule has 0 aromatic carbocycles. The zero-order valence-corrected chi connectivity index (χ0v) is 23.4. The van der Waals surface area contributed by atoms with E-state index in [-0.39, 0.29) is 6.42 Å². The summed E-state index contributed by atoms with van der Waals surface area (Å²) in [5.41, 5.74) is 0. The monoisotopic (exact) mass is 496 g/mol. The molecule has 0 heterocycles. The quantitative estimate of drug-likeness (QED) is 0.0797. The Kier molecular flexibility index (Phi) is 26.7. The van der Waals surface area contributed by atoms with Crippen molar-refractivity contribution in [1.82, 2.24) is 0 Å². The van der Waals surface area contributed by atoms with E-state index in [2.05, 4.69) is 6.92 Å². The maximum atomic E-state index is 10.8. The van der Waals surface area contributed by atoms with E-state index in [9.17, 15) is 9.59 Å². The van der Waals surface area contributed by atoms with Crippen molar-refractivity contribution < 1.29 is 19.8 Å². The van der Waals surface area contributed by atoms with Gasteiger partial charge in [-0.3, -0.25) is 9.59 Å². The molecular formula is C31H60O4. The number of carbonyl (C=O) groups is 2. The van der Waals surface area contributed by atoms with Crippen LogP contribution in [0.2, 0.25) is 0 Å². The second kappa shape index (κ2) is 27.5. The van der Waals surface area contributed by atoms with E-state index < -0.39 is 17.9 Å². The molecule has 0 unspecified atom stereocenters. The first-order valence-corrected chi connectivity index (χ1v) is 15.5. The Balaban J connectivity index is 3.14. The van der Waals surface area contributed by atoms with Gasteiger partial charge in [-0.2, -0.15) is 0 Å². The first kappa shape index (κ1) is 33.9. The number of aliphatic carboxylic acids is 2. The summed E-state index contributed by atoms with van der Waals surface area (Å²) in [5, 5.41) is 17.7. The molecule has 0 aromatic rings. The lowest BCUT2D eigenvalue weighted by atomic mass is 10.00. The molecule has 208 valence electrons. The predicted octanol–water partition coefficient (Wildman–Crippen LogP) is 10.3. The number of hydrogen-bond acceptors (Lipinski definition) is 2. The summed E-state index contributed by atoms with van der Waals surface area (Å²) in [4.78, 5) is 21.7. The lowest BCUT2D eigenvalue weighted by molar-refractivity contribution is -0.154. The molecule has 0 aromatic heterocycles. The van der Waals surface area contributed by atoms with E-state index in [0.717, 1.165) is 12.8 Å². The van der Waals surface area contributed by atoms with Gasteiger partial charge in [0.05, 0.1) is 0 Å². The second-order valence-electron chi connectivity index (χ2n) is 10.9. The first-order valence-electron chi connectivity index (χ1n) is 15.5. The van der Waals surface area contributed by atoms with Crippen molar-refractivity contribution in [2.75, 3.05) is 0 Å².